The number of hydrogen-bond donors (Lipinski definition) is 1. The Kier molecular flexibility index (Phi) is 5.85. The van der Waals surface area contributed by atoms with Crippen molar-refractivity contribution >= 4 is 10.9 Å². The highest BCUT2D eigenvalue weighted by Gasteiger charge is 2.34. The Bertz CT molecular complexity index is 1360. The van der Waals surface area contributed by atoms with Crippen LogP contribution < -0.4 is 5.32 Å². The van der Waals surface area contributed by atoms with Gasteiger partial charge in [0, 0.05) is 16.4 Å². The lowest BCUT2D eigenvalue weighted by atomic mass is 9.74. The van der Waals surface area contributed by atoms with Crippen LogP contribution in [0, 0.1) is 11.3 Å². The number of nitriles is 1. The molecule has 0 spiro atoms. The minimum absolute atomic E-state index is 0.0487. The van der Waals surface area contributed by atoms with Crippen LogP contribution in [-0.2, 0) is 16.8 Å². The number of nitrogens with zero attached hydrogens (tertiary/aromatic N) is 3. The van der Waals surface area contributed by atoms with E-state index in [0.29, 0.717) is 24.8 Å². The zero-order chi connectivity index (χ0) is 23.7. The maximum absolute atomic E-state index is 9.17. The molecule has 1 N–H and O–H groups in total. The molecule has 2 aliphatic rings. The maximum atomic E-state index is 9.17. The van der Waals surface area contributed by atoms with Crippen molar-refractivity contribution in [3.05, 3.63) is 89.6 Å². The molecule has 0 bridgehead atoms. The molecule has 1 aromatic heterocycles. The fourth-order valence-electron chi connectivity index (χ4n) is 5.46. The predicted octanol–water partition coefficient (Wildman–Crippen LogP) is 5.75. The van der Waals surface area contributed by atoms with Gasteiger partial charge in [-0.2, -0.15) is 10.4 Å². The van der Waals surface area contributed by atoms with Crippen molar-refractivity contribution in [2.75, 3.05) is 19.7 Å². The Morgan fingerprint density at radius 3 is 2.49 bits per heavy atom. The van der Waals surface area contributed by atoms with Crippen molar-refractivity contribution in [1.29, 1.82) is 5.26 Å². The van der Waals surface area contributed by atoms with Crippen LogP contribution in [0.15, 0.2) is 72.9 Å². The SMILES string of the molecule is N#Cc1ccc(-c2cc(COCC3(c4ccccc4)CCNCC3)c3c(cnn3C3CC3)c2)cc1. The van der Waals surface area contributed by atoms with E-state index in [1.165, 1.54) is 29.5 Å². The van der Waals surface area contributed by atoms with Crippen LogP contribution in [0.5, 0.6) is 0 Å². The van der Waals surface area contributed by atoms with Crippen LogP contribution >= 0.6 is 0 Å². The number of ether oxygens (including phenoxy) is 1. The molecule has 2 fully saturated rings. The molecule has 2 heterocycles. The molecule has 176 valence electrons. The van der Waals surface area contributed by atoms with Crippen molar-refractivity contribution in [3.63, 3.8) is 0 Å². The van der Waals surface area contributed by atoms with Gasteiger partial charge in [-0.25, -0.2) is 0 Å². The summed E-state index contributed by atoms with van der Waals surface area (Å²) in [7, 11) is 0. The number of nitrogens with one attached hydrogen (secondary N) is 1. The van der Waals surface area contributed by atoms with Crippen LogP contribution in [-0.4, -0.2) is 29.5 Å². The van der Waals surface area contributed by atoms with Crippen LogP contribution in [0.4, 0.5) is 0 Å². The third kappa shape index (κ3) is 4.36. The summed E-state index contributed by atoms with van der Waals surface area (Å²) in [4.78, 5) is 0. The minimum atomic E-state index is 0.0487. The van der Waals surface area contributed by atoms with Gasteiger partial charge in [0.05, 0.1) is 42.6 Å². The van der Waals surface area contributed by atoms with E-state index < -0.39 is 0 Å². The van der Waals surface area contributed by atoms with Gasteiger partial charge in [0.1, 0.15) is 0 Å². The highest BCUT2D eigenvalue weighted by molar-refractivity contribution is 5.88. The maximum Gasteiger partial charge on any atom is 0.0991 e. The van der Waals surface area contributed by atoms with E-state index >= 15 is 0 Å². The summed E-state index contributed by atoms with van der Waals surface area (Å²) in [6, 6.07) is 25.8. The average molecular weight is 463 g/mol. The lowest BCUT2D eigenvalue weighted by molar-refractivity contribution is 0.0569. The van der Waals surface area contributed by atoms with E-state index in [4.69, 9.17) is 9.84 Å². The van der Waals surface area contributed by atoms with E-state index in [-0.39, 0.29) is 5.41 Å². The van der Waals surface area contributed by atoms with Gasteiger partial charge in [-0.15, -0.1) is 0 Å². The summed E-state index contributed by atoms with van der Waals surface area (Å²) in [5, 5.41) is 18.6. The topological polar surface area (TPSA) is 62.9 Å². The average Bonchev–Trinajstić information content (AvgIpc) is 3.68. The molecule has 1 saturated carbocycles. The molecule has 0 unspecified atom stereocenters. The zero-order valence-corrected chi connectivity index (χ0v) is 19.9. The number of fused-ring (bicyclic) bond motifs is 1. The Morgan fingerprint density at radius 1 is 1.00 bits per heavy atom. The van der Waals surface area contributed by atoms with Gasteiger partial charge in [0.25, 0.3) is 0 Å². The van der Waals surface area contributed by atoms with Crippen LogP contribution in [0.2, 0.25) is 0 Å². The van der Waals surface area contributed by atoms with Gasteiger partial charge in [-0.3, -0.25) is 4.68 Å². The number of rotatable bonds is 7. The molecule has 1 aliphatic carbocycles. The molecule has 6 rings (SSSR count). The first-order valence-corrected chi connectivity index (χ1v) is 12.6. The zero-order valence-electron chi connectivity index (χ0n) is 19.9. The molecule has 0 atom stereocenters. The molecule has 3 aromatic carbocycles. The van der Waals surface area contributed by atoms with Crippen LogP contribution in [0.25, 0.3) is 22.0 Å². The largest absolute Gasteiger partial charge is 0.376 e. The van der Waals surface area contributed by atoms with Gasteiger partial charge in [-0.1, -0.05) is 42.5 Å². The smallest absolute Gasteiger partial charge is 0.0991 e. The van der Waals surface area contributed by atoms with Crippen molar-refractivity contribution in [1.82, 2.24) is 15.1 Å². The minimum Gasteiger partial charge on any atom is -0.376 e. The first-order valence-electron chi connectivity index (χ1n) is 12.6. The number of aromatic nitrogens is 2. The molecule has 1 saturated heterocycles. The Morgan fingerprint density at radius 2 is 1.77 bits per heavy atom. The molecular weight excluding hydrogens is 432 g/mol. The fraction of sp³-hybridized carbons (Fsp3) is 0.333. The van der Waals surface area contributed by atoms with Crippen molar-refractivity contribution in [2.45, 2.75) is 43.7 Å². The summed E-state index contributed by atoms with van der Waals surface area (Å²) in [6.45, 7) is 3.30. The van der Waals surface area contributed by atoms with Crippen molar-refractivity contribution in [3.8, 4) is 17.2 Å². The fourth-order valence-corrected chi connectivity index (χ4v) is 5.46. The molecule has 5 nitrogen and oxygen atoms in total. The van der Waals surface area contributed by atoms with Gasteiger partial charge >= 0.3 is 0 Å². The van der Waals surface area contributed by atoms with E-state index in [9.17, 15) is 5.26 Å². The summed E-state index contributed by atoms with van der Waals surface area (Å²) in [5.41, 5.74) is 6.72. The molecule has 5 heteroatoms. The standard InChI is InChI=1S/C30H30N4O/c31-18-22-6-8-23(9-7-22)24-16-25-19-33-34(28-10-11-28)29(25)26(17-24)20-35-21-30(12-14-32-15-13-30)27-4-2-1-3-5-27/h1-9,16-17,19,28,32H,10-15,20-21H2. The Balaban J connectivity index is 1.32. The van der Waals surface area contributed by atoms with Crippen LogP contribution in [0.3, 0.4) is 0 Å². The molecule has 0 radical (unpaired) electrons. The van der Waals surface area contributed by atoms with Gasteiger partial charge in [0.2, 0.25) is 0 Å². The lowest BCUT2D eigenvalue weighted by Gasteiger charge is -2.38. The molecule has 4 aromatic rings. The number of benzene rings is 3. The monoisotopic (exact) mass is 462 g/mol. The first-order chi connectivity index (χ1) is 17.3. The molecule has 0 amide bonds. The second-order valence-electron chi connectivity index (χ2n) is 9.97. The highest BCUT2D eigenvalue weighted by Crippen LogP contribution is 2.39. The molecular formula is C30H30N4O. The van der Waals surface area contributed by atoms with Gasteiger partial charge < -0.3 is 10.1 Å². The third-order valence-corrected chi connectivity index (χ3v) is 7.59. The van der Waals surface area contributed by atoms with Gasteiger partial charge in [0.15, 0.2) is 0 Å². The predicted molar refractivity (Wildman–Crippen MR) is 138 cm³/mol. The second kappa shape index (κ2) is 9.30. The summed E-state index contributed by atoms with van der Waals surface area (Å²) < 4.78 is 8.77. The quantitative estimate of drug-likeness (QED) is 0.380. The molecule has 35 heavy (non-hydrogen) atoms. The number of hydrogen-bond acceptors (Lipinski definition) is 4. The summed E-state index contributed by atoms with van der Waals surface area (Å²) >= 11 is 0. The Labute approximate surface area is 206 Å². The normalized spacial score (nSPS) is 17.3. The third-order valence-electron chi connectivity index (χ3n) is 7.59. The van der Waals surface area contributed by atoms with Gasteiger partial charge in [-0.05, 0) is 79.7 Å². The number of piperidine rings is 1. The van der Waals surface area contributed by atoms with Crippen molar-refractivity contribution < 1.29 is 4.74 Å². The van der Waals surface area contributed by atoms with Crippen molar-refractivity contribution in [2.24, 2.45) is 0 Å². The van der Waals surface area contributed by atoms with Crippen LogP contribution in [0.1, 0.15) is 48.4 Å². The summed E-state index contributed by atoms with van der Waals surface area (Å²) in [5.74, 6) is 0. The lowest BCUT2D eigenvalue weighted by Crippen LogP contribution is -2.43. The second-order valence-corrected chi connectivity index (χ2v) is 9.97. The van der Waals surface area contributed by atoms with E-state index in [1.807, 2.05) is 30.5 Å². The van der Waals surface area contributed by atoms with E-state index in [0.717, 1.165) is 42.4 Å². The molecule has 1 aliphatic heterocycles. The van der Waals surface area contributed by atoms with E-state index in [2.05, 4.69) is 58.5 Å². The Hall–Kier alpha value is -3.46. The highest BCUT2D eigenvalue weighted by atomic mass is 16.5. The van der Waals surface area contributed by atoms with E-state index in [1.54, 1.807) is 0 Å². The first kappa shape index (κ1) is 22.0. The summed E-state index contributed by atoms with van der Waals surface area (Å²) in [6.07, 6.45) is 6.54.